The average molecular weight is 530 g/mol. The predicted molar refractivity (Wildman–Crippen MR) is 132 cm³/mol. The standard InChI is InChI=1S/C24H31BrClFN2O3/c1-4-28-24-20(9-8-19(26)16-29-24)17(2)14-18-15-23(30-3)22(7-5-6-21(18)27)32-13-12-31-11-10-25/h5,9,15-17H,4,6,8,10-14H2,1-3H3,(H,28,29)/b21-18+,23-15+. The van der Waals surface area contributed by atoms with Crippen LogP contribution in [0.1, 0.15) is 33.1 Å². The van der Waals surface area contributed by atoms with E-state index in [2.05, 4.69) is 45.0 Å². The Balaban J connectivity index is 2.19. The van der Waals surface area contributed by atoms with Gasteiger partial charge in [0.1, 0.15) is 18.3 Å². The Bertz CT molecular complexity index is 870. The molecular formula is C24H31BrClFN2O3. The maximum atomic E-state index is 15.0. The van der Waals surface area contributed by atoms with Gasteiger partial charge < -0.3 is 19.5 Å². The highest BCUT2D eigenvalue weighted by Gasteiger charge is 2.21. The lowest BCUT2D eigenvalue weighted by Gasteiger charge is -2.20. The highest BCUT2D eigenvalue weighted by molar-refractivity contribution is 9.09. The largest absolute Gasteiger partial charge is 0.492 e. The summed E-state index contributed by atoms with van der Waals surface area (Å²) in [5.74, 6) is 1.43. The molecule has 1 heterocycles. The number of ether oxygens (including phenoxy) is 3. The van der Waals surface area contributed by atoms with Gasteiger partial charge in [0.15, 0.2) is 5.76 Å². The van der Waals surface area contributed by atoms with Crippen LogP contribution in [0.5, 0.6) is 0 Å². The number of alkyl halides is 1. The van der Waals surface area contributed by atoms with Crippen LogP contribution in [0.4, 0.5) is 4.39 Å². The van der Waals surface area contributed by atoms with E-state index in [1.165, 1.54) is 7.11 Å². The number of hydrogen-bond acceptors (Lipinski definition) is 4. The number of rotatable bonds is 11. The number of nitrogens with one attached hydrogen (secondary N) is 1. The molecule has 0 saturated heterocycles. The van der Waals surface area contributed by atoms with E-state index in [0.717, 1.165) is 16.7 Å². The summed E-state index contributed by atoms with van der Waals surface area (Å²) in [6, 6.07) is 0. The van der Waals surface area contributed by atoms with Gasteiger partial charge in [-0.05, 0) is 42.6 Å². The third-order valence-electron chi connectivity index (χ3n) is 4.84. The second kappa shape index (κ2) is 14.4. The first-order valence-corrected chi connectivity index (χ1v) is 12.2. The lowest BCUT2D eigenvalue weighted by molar-refractivity contribution is 0.0798. The van der Waals surface area contributed by atoms with Crippen molar-refractivity contribution in [3.8, 4) is 0 Å². The van der Waals surface area contributed by atoms with E-state index >= 15 is 0 Å². The van der Waals surface area contributed by atoms with E-state index < -0.39 is 0 Å². The minimum Gasteiger partial charge on any atom is -0.492 e. The Morgan fingerprint density at radius 3 is 2.84 bits per heavy atom. The van der Waals surface area contributed by atoms with Gasteiger partial charge in [0.05, 0.1) is 20.3 Å². The summed E-state index contributed by atoms with van der Waals surface area (Å²) in [5.41, 5.74) is 4.57. The highest BCUT2D eigenvalue weighted by Crippen LogP contribution is 2.30. The molecule has 1 atom stereocenters. The second-order valence-corrected chi connectivity index (χ2v) is 8.48. The van der Waals surface area contributed by atoms with E-state index in [4.69, 9.17) is 25.8 Å². The number of hydrogen-bond donors (Lipinski definition) is 1. The van der Waals surface area contributed by atoms with Gasteiger partial charge in [-0.1, -0.05) is 46.3 Å². The molecule has 2 aliphatic rings. The molecule has 0 bridgehead atoms. The Labute approximate surface area is 203 Å². The van der Waals surface area contributed by atoms with Crippen LogP contribution in [-0.2, 0) is 14.2 Å². The molecule has 2 rings (SSSR count). The molecule has 0 aromatic rings. The quantitative estimate of drug-likeness (QED) is 0.201. The molecule has 176 valence electrons. The molecule has 1 aliphatic carbocycles. The fourth-order valence-corrected chi connectivity index (χ4v) is 3.65. The first kappa shape index (κ1) is 26.5. The maximum absolute atomic E-state index is 15.0. The van der Waals surface area contributed by atoms with Crippen LogP contribution in [0.3, 0.4) is 0 Å². The van der Waals surface area contributed by atoms with Crippen LogP contribution >= 0.6 is 27.5 Å². The average Bonchev–Trinajstić information content (AvgIpc) is 2.96. The van der Waals surface area contributed by atoms with Crippen molar-refractivity contribution in [2.75, 3.05) is 38.8 Å². The van der Waals surface area contributed by atoms with Crippen LogP contribution < -0.4 is 5.32 Å². The molecule has 0 amide bonds. The summed E-state index contributed by atoms with van der Waals surface area (Å²) in [5, 5.41) is 4.65. The van der Waals surface area contributed by atoms with Crippen LogP contribution in [0.15, 0.2) is 68.7 Å². The third-order valence-corrected chi connectivity index (χ3v) is 5.42. The molecule has 1 aliphatic heterocycles. The van der Waals surface area contributed by atoms with Crippen molar-refractivity contribution in [1.82, 2.24) is 5.32 Å². The Morgan fingerprint density at radius 1 is 1.31 bits per heavy atom. The van der Waals surface area contributed by atoms with Crippen molar-refractivity contribution in [1.29, 1.82) is 0 Å². The van der Waals surface area contributed by atoms with E-state index in [0.29, 0.717) is 61.3 Å². The number of methoxy groups -OCH3 is 1. The summed E-state index contributed by atoms with van der Waals surface area (Å²) >= 11 is 9.51. The van der Waals surface area contributed by atoms with Crippen molar-refractivity contribution in [3.63, 3.8) is 0 Å². The van der Waals surface area contributed by atoms with Gasteiger partial charge in [0.2, 0.25) is 5.76 Å². The van der Waals surface area contributed by atoms with E-state index in [-0.39, 0.29) is 18.2 Å². The summed E-state index contributed by atoms with van der Waals surface area (Å²) in [4.78, 5) is 4.55. The highest BCUT2D eigenvalue weighted by atomic mass is 79.9. The SMILES string of the molecule is CCN=C1NC=C(Cl)CC=C1C(C)CC1=C(\F)CC=C=C(OCCOCCBr)/C(OC)=C\1. The van der Waals surface area contributed by atoms with Gasteiger partial charge in [-0.25, -0.2) is 4.39 Å². The third kappa shape index (κ3) is 8.28. The fourth-order valence-electron chi connectivity index (χ4n) is 3.29. The smallest absolute Gasteiger partial charge is 0.204 e. The van der Waals surface area contributed by atoms with E-state index in [1.54, 1.807) is 18.4 Å². The van der Waals surface area contributed by atoms with Gasteiger partial charge >= 0.3 is 0 Å². The summed E-state index contributed by atoms with van der Waals surface area (Å²) < 4.78 is 31.7. The molecule has 0 radical (unpaired) electrons. The lowest BCUT2D eigenvalue weighted by atomic mass is 9.90. The Morgan fingerprint density at radius 2 is 2.12 bits per heavy atom. The number of aliphatic imine (C=N–C) groups is 1. The molecular weight excluding hydrogens is 499 g/mol. The zero-order chi connectivity index (χ0) is 23.3. The van der Waals surface area contributed by atoms with Crippen LogP contribution in [0, 0.1) is 5.92 Å². The first-order valence-electron chi connectivity index (χ1n) is 10.7. The first-order chi connectivity index (χ1) is 15.5. The van der Waals surface area contributed by atoms with Crippen molar-refractivity contribution in [3.05, 3.63) is 63.7 Å². The predicted octanol–water partition coefficient (Wildman–Crippen LogP) is 6.06. The van der Waals surface area contributed by atoms with Crippen LogP contribution in [0.25, 0.3) is 0 Å². The summed E-state index contributed by atoms with van der Waals surface area (Å²) in [6.45, 7) is 6.07. The van der Waals surface area contributed by atoms with Gasteiger partial charge in [0, 0.05) is 35.9 Å². The number of amidine groups is 1. The Hall–Kier alpha value is -1.79. The maximum Gasteiger partial charge on any atom is 0.204 e. The summed E-state index contributed by atoms with van der Waals surface area (Å²) in [6.07, 6.45) is 8.37. The monoisotopic (exact) mass is 528 g/mol. The molecule has 8 heteroatoms. The van der Waals surface area contributed by atoms with Crippen molar-refractivity contribution in [2.24, 2.45) is 10.9 Å². The molecule has 0 aromatic heterocycles. The normalized spacial score (nSPS) is 23.0. The van der Waals surface area contributed by atoms with Crippen molar-refractivity contribution >= 4 is 33.4 Å². The Kier molecular flexibility index (Phi) is 11.9. The lowest BCUT2D eigenvalue weighted by Crippen LogP contribution is -2.23. The molecule has 32 heavy (non-hydrogen) atoms. The van der Waals surface area contributed by atoms with Gasteiger partial charge in [0.25, 0.3) is 0 Å². The van der Waals surface area contributed by atoms with Gasteiger partial charge in [-0.2, -0.15) is 0 Å². The van der Waals surface area contributed by atoms with Crippen molar-refractivity contribution < 1.29 is 18.6 Å². The van der Waals surface area contributed by atoms with Crippen LogP contribution in [-0.4, -0.2) is 44.6 Å². The molecule has 0 saturated carbocycles. The second-order valence-electron chi connectivity index (χ2n) is 7.20. The molecule has 5 nitrogen and oxygen atoms in total. The van der Waals surface area contributed by atoms with E-state index in [1.807, 2.05) is 6.92 Å². The number of allylic oxidation sites excluding steroid dienone is 5. The molecule has 0 spiro atoms. The van der Waals surface area contributed by atoms with Crippen molar-refractivity contribution in [2.45, 2.75) is 33.1 Å². The molecule has 0 fully saturated rings. The van der Waals surface area contributed by atoms with E-state index in [9.17, 15) is 4.39 Å². The van der Waals surface area contributed by atoms with Gasteiger partial charge in [-0.15, -0.1) is 0 Å². The summed E-state index contributed by atoms with van der Waals surface area (Å²) in [7, 11) is 1.54. The molecule has 1 N–H and O–H groups in total. The topological polar surface area (TPSA) is 52.1 Å². The van der Waals surface area contributed by atoms with Crippen LogP contribution in [0.2, 0.25) is 0 Å². The fraction of sp³-hybridized carbons (Fsp3) is 0.500. The molecule has 0 aromatic carbocycles. The minimum atomic E-state index is -0.217. The number of halogens is 3. The zero-order valence-corrected chi connectivity index (χ0v) is 21.2. The minimum absolute atomic E-state index is 0.00766. The van der Waals surface area contributed by atoms with Gasteiger partial charge in [-0.3, -0.25) is 4.99 Å². The molecule has 1 unspecified atom stereocenters. The zero-order valence-electron chi connectivity index (χ0n) is 18.8. The number of nitrogens with zero attached hydrogens (tertiary/aromatic N) is 1.